The lowest BCUT2D eigenvalue weighted by Gasteiger charge is -2.06. The molecule has 7 nitrogen and oxygen atoms in total. The Bertz CT molecular complexity index is 678. The van der Waals surface area contributed by atoms with Crippen molar-refractivity contribution in [3.05, 3.63) is 35.9 Å². The van der Waals surface area contributed by atoms with Crippen LogP contribution in [0.15, 0.2) is 24.4 Å². The first-order valence-corrected chi connectivity index (χ1v) is 7.09. The van der Waals surface area contributed by atoms with Crippen LogP contribution in [0.5, 0.6) is 0 Å². The first-order chi connectivity index (χ1) is 10.5. The van der Waals surface area contributed by atoms with Gasteiger partial charge in [0, 0.05) is 25.9 Å². The highest BCUT2D eigenvalue weighted by molar-refractivity contribution is 6.02. The summed E-state index contributed by atoms with van der Waals surface area (Å²) in [5.74, 6) is -0.461. The summed E-state index contributed by atoms with van der Waals surface area (Å²) in [5.41, 5.74) is 0.837. The van der Waals surface area contributed by atoms with Gasteiger partial charge >= 0.3 is 0 Å². The molecule has 0 unspecified atom stereocenters. The topological polar surface area (TPSA) is 84.7 Å². The molecule has 0 aliphatic heterocycles. The van der Waals surface area contributed by atoms with Crippen LogP contribution in [0.4, 0.5) is 0 Å². The normalized spacial score (nSPS) is 10.9. The number of carbonyl (C=O) groups excluding carboxylic acids is 2. The molecule has 2 aromatic heterocycles. The molecule has 0 saturated carbocycles. The van der Waals surface area contributed by atoms with E-state index in [2.05, 4.69) is 15.6 Å². The quantitative estimate of drug-likeness (QED) is 0.775. The van der Waals surface area contributed by atoms with Gasteiger partial charge < -0.3 is 15.4 Å². The standard InChI is InChI=1S/C15H20N4O3/c1-10(2)17-14(20)12-11-6-4-5-8-19(11)13(18-12)15(21)16-7-9-22-3/h4-6,8,10H,7,9H2,1-3H3,(H,16,21)(H,17,20). The van der Waals surface area contributed by atoms with Crippen molar-refractivity contribution in [2.75, 3.05) is 20.3 Å². The fraction of sp³-hybridized carbons (Fsp3) is 0.400. The zero-order valence-electron chi connectivity index (χ0n) is 12.9. The van der Waals surface area contributed by atoms with Crippen molar-refractivity contribution in [2.45, 2.75) is 19.9 Å². The molecule has 7 heteroatoms. The minimum Gasteiger partial charge on any atom is -0.383 e. The zero-order chi connectivity index (χ0) is 16.1. The molecule has 22 heavy (non-hydrogen) atoms. The molecular weight excluding hydrogens is 284 g/mol. The fourth-order valence-corrected chi connectivity index (χ4v) is 2.04. The van der Waals surface area contributed by atoms with Crippen LogP contribution in [-0.2, 0) is 4.74 Å². The number of hydrogen-bond donors (Lipinski definition) is 2. The largest absolute Gasteiger partial charge is 0.383 e. The van der Waals surface area contributed by atoms with Gasteiger partial charge in [-0.25, -0.2) is 4.98 Å². The third-order valence-electron chi connectivity index (χ3n) is 2.98. The molecule has 0 aliphatic carbocycles. The van der Waals surface area contributed by atoms with Gasteiger partial charge in [0.05, 0.1) is 12.1 Å². The van der Waals surface area contributed by atoms with Gasteiger partial charge in [-0.2, -0.15) is 0 Å². The molecule has 0 aliphatic rings. The zero-order valence-corrected chi connectivity index (χ0v) is 12.9. The number of hydrogen-bond acceptors (Lipinski definition) is 4. The third-order valence-corrected chi connectivity index (χ3v) is 2.98. The predicted molar refractivity (Wildman–Crippen MR) is 82.0 cm³/mol. The lowest BCUT2D eigenvalue weighted by atomic mass is 10.3. The summed E-state index contributed by atoms with van der Waals surface area (Å²) in [6.45, 7) is 4.53. The molecule has 0 bridgehead atoms. The van der Waals surface area contributed by atoms with E-state index < -0.39 is 0 Å². The van der Waals surface area contributed by atoms with Gasteiger partial charge in [-0.1, -0.05) is 6.07 Å². The summed E-state index contributed by atoms with van der Waals surface area (Å²) in [7, 11) is 1.56. The SMILES string of the molecule is COCCNC(=O)c1nc(C(=O)NC(C)C)c2ccccn12. The van der Waals surface area contributed by atoms with Crippen LogP contribution in [0.2, 0.25) is 0 Å². The number of fused-ring (bicyclic) bond motifs is 1. The minimum atomic E-state index is -0.346. The van der Waals surface area contributed by atoms with Crippen molar-refractivity contribution in [2.24, 2.45) is 0 Å². The Balaban J connectivity index is 2.35. The van der Waals surface area contributed by atoms with Crippen LogP contribution in [-0.4, -0.2) is 47.5 Å². The fourth-order valence-electron chi connectivity index (χ4n) is 2.04. The lowest BCUT2D eigenvalue weighted by Crippen LogP contribution is -2.31. The number of carbonyl (C=O) groups is 2. The third kappa shape index (κ3) is 3.43. The summed E-state index contributed by atoms with van der Waals surface area (Å²) in [6, 6.07) is 5.33. The molecular formula is C15H20N4O3. The van der Waals surface area contributed by atoms with E-state index in [4.69, 9.17) is 4.74 Å². The van der Waals surface area contributed by atoms with Gasteiger partial charge in [-0.3, -0.25) is 14.0 Å². The Labute approximate surface area is 128 Å². The summed E-state index contributed by atoms with van der Waals surface area (Å²) >= 11 is 0. The van der Waals surface area contributed by atoms with Crippen LogP contribution in [0.3, 0.4) is 0 Å². The number of imidazole rings is 1. The number of pyridine rings is 1. The van der Waals surface area contributed by atoms with Crippen LogP contribution in [0.25, 0.3) is 5.52 Å². The summed E-state index contributed by atoms with van der Waals surface area (Å²) in [5, 5.41) is 5.50. The highest BCUT2D eigenvalue weighted by Gasteiger charge is 2.21. The number of ether oxygens (including phenoxy) is 1. The highest BCUT2D eigenvalue weighted by atomic mass is 16.5. The van der Waals surface area contributed by atoms with Crippen LogP contribution in [0.1, 0.15) is 35.0 Å². The molecule has 118 valence electrons. The Morgan fingerprint density at radius 2 is 2.09 bits per heavy atom. The maximum absolute atomic E-state index is 12.2. The summed E-state index contributed by atoms with van der Waals surface area (Å²) in [6.07, 6.45) is 1.71. The number of methoxy groups -OCH3 is 1. The molecule has 0 fully saturated rings. The van der Waals surface area contributed by atoms with E-state index in [1.54, 1.807) is 35.9 Å². The van der Waals surface area contributed by atoms with Gasteiger partial charge in [-0.15, -0.1) is 0 Å². The van der Waals surface area contributed by atoms with E-state index in [-0.39, 0.29) is 29.4 Å². The van der Waals surface area contributed by atoms with Crippen LogP contribution >= 0.6 is 0 Å². The van der Waals surface area contributed by atoms with Crippen molar-refractivity contribution in [3.8, 4) is 0 Å². The maximum atomic E-state index is 12.2. The molecule has 2 N–H and O–H groups in total. The molecule has 0 spiro atoms. The average Bonchev–Trinajstić information content (AvgIpc) is 2.86. The molecule has 2 rings (SSSR count). The summed E-state index contributed by atoms with van der Waals surface area (Å²) in [4.78, 5) is 28.7. The molecule has 0 radical (unpaired) electrons. The van der Waals surface area contributed by atoms with Crippen molar-refractivity contribution >= 4 is 17.3 Å². The number of rotatable bonds is 6. The molecule has 2 aromatic rings. The maximum Gasteiger partial charge on any atom is 0.287 e. The first kappa shape index (κ1) is 16.0. The van der Waals surface area contributed by atoms with Crippen LogP contribution < -0.4 is 10.6 Å². The van der Waals surface area contributed by atoms with E-state index in [1.165, 1.54) is 0 Å². The van der Waals surface area contributed by atoms with E-state index in [0.717, 1.165) is 0 Å². The number of nitrogens with one attached hydrogen (secondary N) is 2. The second-order valence-corrected chi connectivity index (χ2v) is 5.12. The van der Waals surface area contributed by atoms with Gasteiger partial charge in [0.25, 0.3) is 11.8 Å². The highest BCUT2D eigenvalue weighted by Crippen LogP contribution is 2.13. The monoisotopic (exact) mass is 304 g/mol. The van der Waals surface area contributed by atoms with Crippen LogP contribution in [0, 0.1) is 0 Å². The van der Waals surface area contributed by atoms with Gasteiger partial charge in [0.15, 0.2) is 5.69 Å². The molecule has 0 aromatic carbocycles. The second kappa shape index (κ2) is 7.04. The van der Waals surface area contributed by atoms with Crippen molar-refractivity contribution in [1.29, 1.82) is 0 Å². The van der Waals surface area contributed by atoms with E-state index in [9.17, 15) is 9.59 Å². The predicted octanol–water partition coefficient (Wildman–Crippen LogP) is 0.849. The van der Waals surface area contributed by atoms with Crippen molar-refractivity contribution in [1.82, 2.24) is 20.0 Å². The number of aromatic nitrogens is 2. The molecule has 0 saturated heterocycles. The second-order valence-electron chi connectivity index (χ2n) is 5.12. The Morgan fingerprint density at radius 1 is 1.32 bits per heavy atom. The molecule has 2 heterocycles. The van der Waals surface area contributed by atoms with Gasteiger partial charge in [0.1, 0.15) is 0 Å². The van der Waals surface area contributed by atoms with Crippen molar-refractivity contribution < 1.29 is 14.3 Å². The smallest absolute Gasteiger partial charge is 0.287 e. The Kier molecular flexibility index (Phi) is 5.11. The van der Waals surface area contributed by atoms with Crippen molar-refractivity contribution in [3.63, 3.8) is 0 Å². The number of amides is 2. The van der Waals surface area contributed by atoms with E-state index in [0.29, 0.717) is 18.7 Å². The minimum absolute atomic E-state index is 0.00746. The van der Waals surface area contributed by atoms with E-state index in [1.807, 2.05) is 13.8 Å². The lowest BCUT2D eigenvalue weighted by molar-refractivity contribution is 0.0926. The summed E-state index contributed by atoms with van der Waals surface area (Å²) < 4.78 is 6.51. The molecule has 2 amide bonds. The van der Waals surface area contributed by atoms with Gasteiger partial charge in [0.2, 0.25) is 5.82 Å². The molecule has 0 atom stereocenters. The Hall–Kier alpha value is -2.41. The average molecular weight is 304 g/mol. The first-order valence-electron chi connectivity index (χ1n) is 7.09. The van der Waals surface area contributed by atoms with Gasteiger partial charge in [-0.05, 0) is 26.0 Å². The number of nitrogens with zero attached hydrogens (tertiary/aromatic N) is 2. The Morgan fingerprint density at radius 3 is 2.77 bits per heavy atom. The van der Waals surface area contributed by atoms with E-state index >= 15 is 0 Å².